The second kappa shape index (κ2) is 11.2. The van der Waals surface area contributed by atoms with E-state index in [1.807, 2.05) is 25.1 Å². The number of aryl methyl sites for hydroxylation is 1. The van der Waals surface area contributed by atoms with Gasteiger partial charge in [0.15, 0.2) is 0 Å². The van der Waals surface area contributed by atoms with Crippen molar-refractivity contribution in [2.75, 3.05) is 38.7 Å². The number of amides is 1. The summed E-state index contributed by atoms with van der Waals surface area (Å²) in [5.41, 5.74) is 3.48. The Labute approximate surface area is 180 Å². The van der Waals surface area contributed by atoms with Crippen molar-refractivity contribution in [2.24, 2.45) is 10.9 Å². The molecule has 0 radical (unpaired) electrons. The number of aliphatic imine (C=N–C) groups is 1. The molecule has 30 heavy (non-hydrogen) atoms. The summed E-state index contributed by atoms with van der Waals surface area (Å²) in [4.78, 5) is 19.5. The molecule has 164 valence electrons. The molecule has 0 bridgehead atoms. The van der Waals surface area contributed by atoms with Gasteiger partial charge in [-0.15, -0.1) is 0 Å². The molecule has 1 saturated carbocycles. The number of benzene rings is 1. The van der Waals surface area contributed by atoms with Gasteiger partial charge in [-0.05, 0) is 55.4 Å². The first-order valence-electron chi connectivity index (χ1n) is 11.0. The molecule has 1 heterocycles. The van der Waals surface area contributed by atoms with Crippen LogP contribution in [0.5, 0.6) is 0 Å². The van der Waals surface area contributed by atoms with Gasteiger partial charge >= 0.3 is 0 Å². The number of ether oxygens (including phenoxy) is 1. The van der Waals surface area contributed by atoms with Crippen LogP contribution in [0.4, 0.5) is 5.69 Å². The van der Waals surface area contributed by atoms with Crippen LogP contribution >= 0.6 is 0 Å². The van der Waals surface area contributed by atoms with Crippen LogP contribution in [0, 0.1) is 12.8 Å². The fraction of sp³-hybridized carbons (Fsp3) is 0.565. The second-order valence-corrected chi connectivity index (χ2v) is 8.13. The quantitative estimate of drug-likeness (QED) is 0.459. The van der Waals surface area contributed by atoms with E-state index in [0.29, 0.717) is 12.3 Å². The van der Waals surface area contributed by atoms with Crippen molar-refractivity contribution in [3.63, 3.8) is 0 Å². The molecule has 3 N–H and O–H groups in total. The minimum Gasteiger partial charge on any atom is -0.383 e. The minimum atomic E-state index is -0.172. The highest BCUT2D eigenvalue weighted by Gasteiger charge is 2.28. The summed E-state index contributed by atoms with van der Waals surface area (Å²) in [6, 6.07) is 6.08. The van der Waals surface area contributed by atoms with Crippen LogP contribution in [-0.4, -0.2) is 56.7 Å². The Morgan fingerprint density at radius 1 is 1.37 bits per heavy atom. The molecule has 1 aromatic rings. The van der Waals surface area contributed by atoms with E-state index < -0.39 is 0 Å². The number of methoxy groups -OCH3 is 1. The maximum Gasteiger partial charge on any atom is 0.274 e. The lowest BCUT2D eigenvalue weighted by molar-refractivity contribution is -0.112. The molecular formula is C23H35N5O2. The number of hydrogen-bond acceptors (Lipinski definition) is 6. The van der Waals surface area contributed by atoms with Crippen molar-refractivity contribution < 1.29 is 9.53 Å². The third-order valence-corrected chi connectivity index (χ3v) is 5.44. The number of anilines is 1. The lowest BCUT2D eigenvalue weighted by Crippen LogP contribution is -2.47. The van der Waals surface area contributed by atoms with E-state index in [2.05, 4.69) is 38.8 Å². The molecule has 1 amide bonds. The first-order valence-corrected chi connectivity index (χ1v) is 11.0. The van der Waals surface area contributed by atoms with E-state index in [9.17, 15) is 4.79 Å². The predicted molar refractivity (Wildman–Crippen MR) is 121 cm³/mol. The zero-order valence-corrected chi connectivity index (χ0v) is 18.4. The zero-order valence-electron chi connectivity index (χ0n) is 18.4. The Balaban J connectivity index is 1.60. The fourth-order valence-corrected chi connectivity index (χ4v) is 3.60. The van der Waals surface area contributed by atoms with Gasteiger partial charge in [0.2, 0.25) is 0 Å². The number of nitrogens with zero attached hydrogens (tertiary/aromatic N) is 2. The third-order valence-electron chi connectivity index (χ3n) is 5.44. The van der Waals surface area contributed by atoms with Gasteiger partial charge in [-0.2, -0.15) is 0 Å². The van der Waals surface area contributed by atoms with Crippen molar-refractivity contribution in [1.82, 2.24) is 15.5 Å². The van der Waals surface area contributed by atoms with Crippen molar-refractivity contribution in [2.45, 2.75) is 45.8 Å². The van der Waals surface area contributed by atoms with Crippen LogP contribution in [-0.2, 0) is 16.1 Å². The van der Waals surface area contributed by atoms with Crippen LogP contribution in [0.1, 0.15) is 37.3 Å². The van der Waals surface area contributed by atoms with Crippen LogP contribution in [0.2, 0.25) is 0 Å². The summed E-state index contributed by atoms with van der Waals surface area (Å²) >= 11 is 0. The fourth-order valence-electron chi connectivity index (χ4n) is 3.60. The maximum atomic E-state index is 12.8. The average Bonchev–Trinajstić information content (AvgIpc) is 3.57. The van der Waals surface area contributed by atoms with Gasteiger partial charge in [-0.25, -0.2) is 4.99 Å². The molecule has 3 rings (SSSR count). The number of carbonyl (C=O) groups excluding carboxylic acids is 1. The van der Waals surface area contributed by atoms with Crippen molar-refractivity contribution >= 4 is 17.9 Å². The van der Waals surface area contributed by atoms with Crippen LogP contribution in [0.15, 0.2) is 35.0 Å². The number of rotatable bonds is 12. The van der Waals surface area contributed by atoms with Gasteiger partial charge in [-0.3, -0.25) is 9.69 Å². The van der Waals surface area contributed by atoms with E-state index in [1.165, 1.54) is 18.4 Å². The SMILES string of the molecule is CCCN(CC1CC1)C1C=C(C(=O)Nc2ccc(CNCCOC)cc2C)N=CN1. The predicted octanol–water partition coefficient (Wildman–Crippen LogP) is 2.63. The summed E-state index contributed by atoms with van der Waals surface area (Å²) in [5.74, 6) is 0.628. The molecule has 0 aromatic heterocycles. The molecule has 7 heteroatoms. The summed E-state index contributed by atoms with van der Waals surface area (Å²) < 4.78 is 5.05. The van der Waals surface area contributed by atoms with Crippen molar-refractivity contribution in [1.29, 1.82) is 0 Å². The third kappa shape index (κ3) is 6.65. The number of hydrogen-bond donors (Lipinski definition) is 3. The first-order chi connectivity index (χ1) is 14.6. The Bertz CT molecular complexity index is 773. The normalized spacial score (nSPS) is 18.3. The van der Waals surface area contributed by atoms with Gasteiger partial charge in [0, 0.05) is 39.0 Å². The van der Waals surface area contributed by atoms with Gasteiger partial charge in [0.05, 0.1) is 12.9 Å². The van der Waals surface area contributed by atoms with E-state index in [4.69, 9.17) is 4.74 Å². The first kappa shape index (κ1) is 22.5. The van der Waals surface area contributed by atoms with Crippen molar-refractivity contribution in [3.05, 3.63) is 41.1 Å². The molecule has 1 aromatic carbocycles. The monoisotopic (exact) mass is 413 g/mol. The molecule has 0 saturated heterocycles. The largest absolute Gasteiger partial charge is 0.383 e. The smallest absolute Gasteiger partial charge is 0.274 e. The Kier molecular flexibility index (Phi) is 8.42. The Hall–Kier alpha value is -2.22. The van der Waals surface area contributed by atoms with Crippen LogP contribution in [0.3, 0.4) is 0 Å². The molecule has 0 spiro atoms. The molecule has 1 fully saturated rings. The standard InChI is InChI=1S/C23H35N5O2/c1-4-10-28(15-18-5-6-18)22-13-21(25-16-26-22)23(29)27-20-8-7-19(12-17(20)2)14-24-9-11-30-3/h7-8,12-13,16,18,22,24H,4-6,9-11,14-15H2,1-3H3,(H,25,26)(H,27,29). The highest BCUT2D eigenvalue weighted by molar-refractivity contribution is 6.05. The highest BCUT2D eigenvalue weighted by Crippen LogP contribution is 2.30. The lowest BCUT2D eigenvalue weighted by atomic mass is 10.1. The topological polar surface area (TPSA) is 78.0 Å². The molecule has 1 aliphatic carbocycles. The van der Waals surface area contributed by atoms with E-state index in [-0.39, 0.29) is 12.1 Å². The Morgan fingerprint density at radius 2 is 2.20 bits per heavy atom. The lowest BCUT2D eigenvalue weighted by Gasteiger charge is -2.31. The van der Waals surface area contributed by atoms with Crippen LogP contribution < -0.4 is 16.0 Å². The summed E-state index contributed by atoms with van der Waals surface area (Å²) in [6.45, 7) is 8.55. The van der Waals surface area contributed by atoms with Crippen LogP contribution in [0.25, 0.3) is 0 Å². The van der Waals surface area contributed by atoms with Gasteiger partial charge < -0.3 is 20.7 Å². The zero-order chi connectivity index (χ0) is 21.3. The number of nitrogens with one attached hydrogen (secondary N) is 3. The summed E-state index contributed by atoms with van der Waals surface area (Å²) in [6.07, 6.45) is 7.33. The molecule has 2 aliphatic rings. The maximum absolute atomic E-state index is 12.8. The van der Waals surface area contributed by atoms with E-state index in [1.54, 1.807) is 13.4 Å². The van der Waals surface area contributed by atoms with Gasteiger partial charge in [0.25, 0.3) is 5.91 Å². The highest BCUT2D eigenvalue weighted by atomic mass is 16.5. The molecule has 1 unspecified atom stereocenters. The molecule has 1 aliphatic heterocycles. The molecule has 1 atom stereocenters. The summed E-state index contributed by atoms with van der Waals surface area (Å²) in [5, 5.41) is 9.65. The molecular weight excluding hydrogens is 378 g/mol. The van der Waals surface area contributed by atoms with Gasteiger partial charge in [0.1, 0.15) is 11.9 Å². The van der Waals surface area contributed by atoms with Crippen molar-refractivity contribution in [3.8, 4) is 0 Å². The summed E-state index contributed by atoms with van der Waals surface area (Å²) in [7, 11) is 1.70. The average molecular weight is 414 g/mol. The number of carbonyl (C=O) groups is 1. The second-order valence-electron chi connectivity index (χ2n) is 8.13. The van der Waals surface area contributed by atoms with E-state index in [0.717, 1.165) is 49.8 Å². The van der Waals surface area contributed by atoms with Gasteiger partial charge in [-0.1, -0.05) is 19.1 Å². The molecule has 7 nitrogen and oxygen atoms in total. The van der Waals surface area contributed by atoms with E-state index >= 15 is 0 Å². The minimum absolute atomic E-state index is 0.0189. The Morgan fingerprint density at radius 3 is 2.90 bits per heavy atom.